The van der Waals surface area contributed by atoms with Crippen molar-refractivity contribution in [3.63, 3.8) is 0 Å². The van der Waals surface area contributed by atoms with E-state index in [0.29, 0.717) is 6.42 Å². The van der Waals surface area contributed by atoms with Crippen molar-refractivity contribution in [2.75, 3.05) is 0 Å². The van der Waals surface area contributed by atoms with Crippen molar-refractivity contribution in [3.8, 4) is 11.5 Å². The smallest absolute Gasteiger partial charge is 0.127 e. The van der Waals surface area contributed by atoms with Crippen LogP contribution in [0.4, 0.5) is 0 Å². The number of hydrogen-bond acceptors (Lipinski definition) is 2. The topological polar surface area (TPSA) is 29.5 Å². The molecule has 0 spiro atoms. The Labute approximate surface area is 101 Å². The first-order chi connectivity index (χ1) is 8.24. The van der Waals surface area contributed by atoms with E-state index in [1.165, 1.54) is 0 Å². The van der Waals surface area contributed by atoms with Crippen LogP contribution in [-0.2, 0) is 6.42 Å². The maximum absolute atomic E-state index is 9.28. The fourth-order valence-corrected chi connectivity index (χ4v) is 1.66. The van der Waals surface area contributed by atoms with Gasteiger partial charge in [0.15, 0.2) is 0 Å². The minimum atomic E-state index is -0.309. The minimum Gasteiger partial charge on any atom is -0.457 e. The highest BCUT2D eigenvalue weighted by Crippen LogP contribution is 2.21. The van der Waals surface area contributed by atoms with Gasteiger partial charge in [-0.25, -0.2) is 0 Å². The normalized spacial score (nSPS) is 12.1. The molecule has 0 aliphatic heterocycles. The van der Waals surface area contributed by atoms with Crippen LogP contribution in [0.3, 0.4) is 0 Å². The quantitative estimate of drug-likeness (QED) is 0.869. The van der Waals surface area contributed by atoms with Gasteiger partial charge in [-0.1, -0.05) is 30.3 Å². The molecule has 0 saturated carbocycles. The van der Waals surface area contributed by atoms with E-state index in [1.807, 2.05) is 54.6 Å². The average molecular weight is 228 g/mol. The molecule has 2 nitrogen and oxygen atoms in total. The first-order valence-electron chi connectivity index (χ1n) is 5.74. The molecular formula is C15H16O2. The average Bonchev–Trinajstić information content (AvgIpc) is 2.32. The van der Waals surface area contributed by atoms with Crippen LogP contribution in [0, 0.1) is 0 Å². The van der Waals surface area contributed by atoms with E-state index in [0.717, 1.165) is 17.1 Å². The molecule has 0 bridgehead atoms. The van der Waals surface area contributed by atoms with Gasteiger partial charge in [0.05, 0.1) is 6.10 Å². The van der Waals surface area contributed by atoms with Crippen LogP contribution in [0.5, 0.6) is 11.5 Å². The molecule has 1 atom stereocenters. The van der Waals surface area contributed by atoms with Crippen LogP contribution in [0.25, 0.3) is 0 Å². The third-order valence-electron chi connectivity index (χ3n) is 2.43. The number of rotatable bonds is 4. The van der Waals surface area contributed by atoms with Crippen molar-refractivity contribution in [2.45, 2.75) is 19.4 Å². The summed E-state index contributed by atoms with van der Waals surface area (Å²) >= 11 is 0. The van der Waals surface area contributed by atoms with Crippen molar-refractivity contribution in [1.29, 1.82) is 0 Å². The second-order valence-corrected chi connectivity index (χ2v) is 4.11. The highest BCUT2D eigenvalue weighted by Gasteiger charge is 2.00. The van der Waals surface area contributed by atoms with Gasteiger partial charge in [0.1, 0.15) is 11.5 Å². The molecule has 0 aromatic heterocycles. The van der Waals surface area contributed by atoms with Crippen LogP contribution in [-0.4, -0.2) is 11.2 Å². The number of aliphatic hydroxyl groups excluding tert-OH is 1. The Bertz CT molecular complexity index is 446. The molecule has 0 aliphatic carbocycles. The number of benzene rings is 2. The summed E-state index contributed by atoms with van der Waals surface area (Å²) < 4.78 is 5.68. The molecule has 2 heteroatoms. The molecule has 0 heterocycles. The highest BCUT2D eigenvalue weighted by atomic mass is 16.5. The largest absolute Gasteiger partial charge is 0.457 e. The summed E-state index contributed by atoms with van der Waals surface area (Å²) in [5.41, 5.74) is 1.11. The second-order valence-electron chi connectivity index (χ2n) is 4.11. The number of para-hydroxylation sites is 1. The predicted octanol–water partition coefficient (Wildman–Crippen LogP) is 3.40. The fourth-order valence-electron chi connectivity index (χ4n) is 1.66. The van der Waals surface area contributed by atoms with E-state index in [-0.39, 0.29) is 6.10 Å². The predicted molar refractivity (Wildman–Crippen MR) is 68.3 cm³/mol. The lowest BCUT2D eigenvalue weighted by atomic mass is 10.1. The Hall–Kier alpha value is -1.80. The third-order valence-corrected chi connectivity index (χ3v) is 2.43. The van der Waals surface area contributed by atoms with Crippen LogP contribution >= 0.6 is 0 Å². The number of hydrogen-bond donors (Lipinski definition) is 1. The van der Waals surface area contributed by atoms with Gasteiger partial charge in [0.2, 0.25) is 0 Å². The van der Waals surface area contributed by atoms with Crippen molar-refractivity contribution >= 4 is 0 Å². The molecule has 2 rings (SSSR count). The molecule has 0 amide bonds. The Kier molecular flexibility index (Phi) is 3.78. The second kappa shape index (κ2) is 5.51. The Morgan fingerprint density at radius 1 is 0.941 bits per heavy atom. The lowest BCUT2D eigenvalue weighted by Gasteiger charge is -2.07. The standard InChI is InChI=1S/C15H16O2/c1-12(16)11-13-7-9-15(10-8-13)17-14-5-3-2-4-6-14/h2-10,12,16H,11H2,1H3. The number of aliphatic hydroxyl groups is 1. The highest BCUT2D eigenvalue weighted by molar-refractivity contribution is 5.33. The van der Waals surface area contributed by atoms with Crippen molar-refractivity contribution < 1.29 is 9.84 Å². The fraction of sp³-hybridized carbons (Fsp3) is 0.200. The third kappa shape index (κ3) is 3.61. The summed E-state index contributed by atoms with van der Waals surface area (Å²) in [6.45, 7) is 1.79. The van der Waals surface area contributed by atoms with Gasteiger partial charge in [-0.05, 0) is 43.2 Å². The molecular weight excluding hydrogens is 212 g/mol. The van der Waals surface area contributed by atoms with E-state index in [9.17, 15) is 5.11 Å². The maximum Gasteiger partial charge on any atom is 0.127 e. The summed E-state index contributed by atoms with van der Waals surface area (Å²) in [5, 5.41) is 9.28. The van der Waals surface area contributed by atoms with E-state index < -0.39 is 0 Å². The molecule has 1 unspecified atom stereocenters. The van der Waals surface area contributed by atoms with E-state index in [4.69, 9.17) is 4.74 Å². The van der Waals surface area contributed by atoms with Gasteiger partial charge in [0.25, 0.3) is 0 Å². The molecule has 0 radical (unpaired) electrons. The molecule has 1 N–H and O–H groups in total. The zero-order valence-corrected chi connectivity index (χ0v) is 9.84. The van der Waals surface area contributed by atoms with E-state index in [2.05, 4.69) is 0 Å². The molecule has 0 saturated heterocycles. The monoisotopic (exact) mass is 228 g/mol. The molecule has 0 fully saturated rings. The Balaban J connectivity index is 2.03. The van der Waals surface area contributed by atoms with E-state index in [1.54, 1.807) is 6.92 Å². The van der Waals surface area contributed by atoms with Gasteiger partial charge in [0, 0.05) is 0 Å². The Morgan fingerprint density at radius 2 is 1.53 bits per heavy atom. The number of ether oxygens (including phenoxy) is 1. The molecule has 17 heavy (non-hydrogen) atoms. The maximum atomic E-state index is 9.28. The first kappa shape index (κ1) is 11.7. The van der Waals surface area contributed by atoms with Gasteiger partial charge in [-0.3, -0.25) is 0 Å². The Morgan fingerprint density at radius 3 is 2.12 bits per heavy atom. The van der Waals surface area contributed by atoms with Crippen LogP contribution < -0.4 is 4.74 Å². The summed E-state index contributed by atoms with van der Waals surface area (Å²) in [6.07, 6.45) is 0.363. The van der Waals surface area contributed by atoms with Crippen molar-refractivity contribution in [2.24, 2.45) is 0 Å². The van der Waals surface area contributed by atoms with Gasteiger partial charge >= 0.3 is 0 Å². The van der Waals surface area contributed by atoms with Gasteiger partial charge in [-0.2, -0.15) is 0 Å². The summed E-state index contributed by atoms with van der Waals surface area (Å²) in [4.78, 5) is 0. The molecule has 2 aromatic carbocycles. The zero-order valence-electron chi connectivity index (χ0n) is 9.84. The molecule has 2 aromatic rings. The SMILES string of the molecule is CC(O)Cc1ccc(Oc2ccccc2)cc1. The lowest BCUT2D eigenvalue weighted by molar-refractivity contribution is 0.195. The van der Waals surface area contributed by atoms with Crippen LogP contribution in [0.2, 0.25) is 0 Å². The summed E-state index contributed by atoms with van der Waals surface area (Å²) in [7, 11) is 0. The van der Waals surface area contributed by atoms with Crippen LogP contribution in [0.15, 0.2) is 54.6 Å². The summed E-state index contributed by atoms with van der Waals surface area (Å²) in [6, 6.07) is 17.5. The minimum absolute atomic E-state index is 0.309. The van der Waals surface area contributed by atoms with Gasteiger partial charge in [-0.15, -0.1) is 0 Å². The van der Waals surface area contributed by atoms with Crippen molar-refractivity contribution in [1.82, 2.24) is 0 Å². The van der Waals surface area contributed by atoms with Crippen molar-refractivity contribution in [3.05, 3.63) is 60.2 Å². The van der Waals surface area contributed by atoms with E-state index >= 15 is 0 Å². The molecule has 88 valence electrons. The zero-order chi connectivity index (χ0) is 12.1. The van der Waals surface area contributed by atoms with Crippen LogP contribution in [0.1, 0.15) is 12.5 Å². The summed E-state index contributed by atoms with van der Waals surface area (Å²) in [5.74, 6) is 1.64. The molecule has 0 aliphatic rings. The van der Waals surface area contributed by atoms with Gasteiger partial charge < -0.3 is 9.84 Å². The lowest BCUT2D eigenvalue weighted by Crippen LogP contribution is -2.03. The first-order valence-corrected chi connectivity index (χ1v) is 5.74.